The van der Waals surface area contributed by atoms with Gasteiger partial charge in [0.25, 0.3) is 5.91 Å². The second-order valence-electron chi connectivity index (χ2n) is 6.63. The lowest BCUT2D eigenvalue weighted by atomic mass is 10.1. The lowest BCUT2D eigenvalue weighted by molar-refractivity contribution is -0.121. The molecule has 0 heterocycles. The molecule has 0 aliphatic heterocycles. The topological polar surface area (TPSA) is 93.5 Å². The number of ether oxygens (including phenoxy) is 1. The molecule has 28 heavy (non-hydrogen) atoms. The van der Waals surface area contributed by atoms with E-state index in [1.165, 1.54) is 0 Å². The van der Waals surface area contributed by atoms with Gasteiger partial charge in [0.15, 0.2) is 6.61 Å². The number of hydrogen-bond acceptors (Lipinski definition) is 4. The first-order valence-electron chi connectivity index (χ1n) is 9.03. The van der Waals surface area contributed by atoms with Crippen molar-refractivity contribution in [2.24, 2.45) is 5.73 Å². The summed E-state index contributed by atoms with van der Waals surface area (Å²) in [6.45, 7) is 4.28. The summed E-state index contributed by atoms with van der Waals surface area (Å²) in [7, 11) is 0. The minimum atomic E-state index is -0.207. The van der Waals surface area contributed by atoms with Crippen LogP contribution < -0.4 is 21.1 Å². The van der Waals surface area contributed by atoms with Crippen LogP contribution in [0.3, 0.4) is 0 Å². The fourth-order valence-electron chi connectivity index (χ4n) is 2.53. The fraction of sp³-hybridized carbons (Fsp3) is 0.333. The van der Waals surface area contributed by atoms with Crippen molar-refractivity contribution >= 4 is 29.9 Å². The molecule has 2 amide bonds. The smallest absolute Gasteiger partial charge is 0.262 e. The third kappa shape index (κ3) is 8.88. The van der Waals surface area contributed by atoms with Gasteiger partial charge in [0.1, 0.15) is 5.75 Å². The molecule has 4 N–H and O–H groups in total. The maximum atomic E-state index is 12.0. The van der Waals surface area contributed by atoms with Crippen molar-refractivity contribution in [1.29, 1.82) is 0 Å². The Morgan fingerprint density at radius 1 is 1.11 bits per heavy atom. The van der Waals surface area contributed by atoms with Crippen LogP contribution >= 0.6 is 12.4 Å². The van der Waals surface area contributed by atoms with E-state index in [0.717, 1.165) is 23.2 Å². The van der Waals surface area contributed by atoms with Crippen molar-refractivity contribution < 1.29 is 14.3 Å². The second-order valence-corrected chi connectivity index (χ2v) is 6.63. The first-order chi connectivity index (χ1) is 12.9. The Balaban J connectivity index is 0.00000392. The van der Waals surface area contributed by atoms with Gasteiger partial charge in [0, 0.05) is 24.7 Å². The van der Waals surface area contributed by atoms with Crippen LogP contribution in [0.15, 0.2) is 48.5 Å². The predicted octanol–water partition coefficient (Wildman–Crippen LogP) is 2.83. The zero-order valence-corrected chi connectivity index (χ0v) is 17.1. The molecule has 2 rings (SSSR count). The van der Waals surface area contributed by atoms with Gasteiger partial charge in [-0.1, -0.05) is 24.3 Å². The molecule has 1 unspecified atom stereocenters. The molecule has 0 saturated carbocycles. The van der Waals surface area contributed by atoms with Gasteiger partial charge in [0.05, 0.1) is 0 Å². The van der Waals surface area contributed by atoms with Crippen LogP contribution in [0.2, 0.25) is 0 Å². The Morgan fingerprint density at radius 2 is 1.82 bits per heavy atom. The monoisotopic (exact) mass is 405 g/mol. The lowest BCUT2D eigenvalue weighted by Crippen LogP contribution is -2.31. The summed E-state index contributed by atoms with van der Waals surface area (Å²) in [5.41, 5.74) is 8.50. The van der Waals surface area contributed by atoms with E-state index in [9.17, 15) is 9.59 Å². The van der Waals surface area contributed by atoms with Crippen molar-refractivity contribution in [2.45, 2.75) is 32.7 Å². The molecule has 0 aromatic heterocycles. The molecule has 0 bridgehead atoms. The van der Waals surface area contributed by atoms with Gasteiger partial charge >= 0.3 is 0 Å². The number of benzene rings is 2. The first-order valence-corrected chi connectivity index (χ1v) is 9.03. The average Bonchev–Trinajstić information content (AvgIpc) is 2.60. The first kappa shape index (κ1) is 23.5. The molecule has 0 aliphatic rings. The number of halogens is 1. The highest BCUT2D eigenvalue weighted by atomic mass is 35.5. The van der Waals surface area contributed by atoms with Crippen LogP contribution in [0.4, 0.5) is 5.69 Å². The molecule has 6 nitrogen and oxygen atoms in total. The molecule has 152 valence electrons. The quantitative estimate of drug-likeness (QED) is 0.598. The summed E-state index contributed by atoms with van der Waals surface area (Å²) in [5, 5.41) is 5.64. The minimum Gasteiger partial charge on any atom is -0.484 e. The zero-order chi connectivity index (χ0) is 19.6. The molecular formula is C21H28ClN3O3. The van der Waals surface area contributed by atoms with Gasteiger partial charge in [-0.05, 0) is 55.7 Å². The van der Waals surface area contributed by atoms with E-state index in [1.54, 1.807) is 6.92 Å². The van der Waals surface area contributed by atoms with Gasteiger partial charge in [-0.15, -0.1) is 12.4 Å². The highest BCUT2D eigenvalue weighted by Gasteiger charge is 2.06. The molecule has 0 radical (unpaired) electrons. The van der Waals surface area contributed by atoms with Crippen LogP contribution in [-0.2, 0) is 16.0 Å². The number of nitrogens with one attached hydrogen (secondary N) is 2. The van der Waals surface area contributed by atoms with Crippen molar-refractivity contribution in [3.63, 3.8) is 0 Å². The SMILES string of the molecule is Cc1cccc(NC(=O)COc2ccc(CCNC(=O)CC(C)N)cc2)c1.Cl. The third-order valence-corrected chi connectivity index (χ3v) is 3.84. The molecular weight excluding hydrogens is 378 g/mol. The molecule has 0 saturated heterocycles. The normalized spacial score (nSPS) is 11.1. The summed E-state index contributed by atoms with van der Waals surface area (Å²) in [5.74, 6) is 0.380. The number of hydrogen-bond donors (Lipinski definition) is 3. The Labute approximate surface area is 172 Å². The predicted molar refractivity (Wildman–Crippen MR) is 114 cm³/mol. The van der Waals surface area contributed by atoms with E-state index in [1.807, 2.05) is 55.5 Å². The van der Waals surface area contributed by atoms with Crippen molar-refractivity contribution in [3.05, 3.63) is 59.7 Å². The van der Waals surface area contributed by atoms with Gasteiger partial charge in [-0.3, -0.25) is 9.59 Å². The molecule has 2 aromatic rings. The number of nitrogens with two attached hydrogens (primary N) is 1. The van der Waals surface area contributed by atoms with Gasteiger partial charge < -0.3 is 21.1 Å². The van der Waals surface area contributed by atoms with Crippen molar-refractivity contribution in [2.75, 3.05) is 18.5 Å². The average molecular weight is 406 g/mol. The highest BCUT2D eigenvalue weighted by molar-refractivity contribution is 5.91. The van der Waals surface area contributed by atoms with Crippen molar-refractivity contribution in [1.82, 2.24) is 5.32 Å². The van der Waals surface area contributed by atoms with Crippen LogP contribution in [0, 0.1) is 6.92 Å². The minimum absolute atomic E-state index is 0. The molecule has 2 aromatic carbocycles. The maximum Gasteiger partial charge on any atom is 0.262 e. The summed E-state index contributed by atoms with van der Waals surface area (Å²) < 4.78 is 5.52. The number of carbonyl (C=O) groups is 2. The number of aryl methyl sites for hydroxylation is 1. The van der Waals surface area contributed by atoms with Crippen LogP contribution in [0.25, 0.3) is 0 Å². The number of amides is 2. The second kappa shape index (κ2) is 12.0. The van der Waals surface area contributed by atoms with Crippen LogP contribution in [-0.4, -0.2) is 31.0 Å². The summed E-state index contributed by atoms with van der Waals surface area (Å²) in [6, 6.07) is 15.0. The maximum absolute atomic E-state index is 12.0. The molecule has 0 fully saturated rings. The Kier molecular flexibility index (Phi) is 10.1. The highest BCUT2D eigenvalue weighted by Crippen LogP contribution is 2.13. The van der Waals surface area contributed by atoms with E-state index in [4.69, 9.17) is 10.5 Å². The Bertz CT molecular complexity index is 764. The van der Waals surface area contributed by atoms with Crippen molar-refractivity contribution in [3.8, 4) is 5.75 Å². The summed E-state index contributed by atoms with van der Waals surface area (Å²) in [6.07, 6.45) is 1.05. The lowest BCUT2D eigenvalue weighted by Gasteiger charge is -2.09. The number of carbonyl (C=O) groups excluding carboxylic acids is 2. The van der Waals surface area contributed by atoms with E-state index in [-0.39, 0.29) is 36.9 Å². The Hall–Kier alpha value is -2.57. The van der Waals surface area contributed by atoms with E-state index in [2.05, 4.69) is 10.6 Å². The fourth-order valence-corrected chi connectivity index (χ4v) is 2.53. The Morgan fingerprint density at radius 3 is 2.46 bits per heavy atom. The van der Waals surface area contributed by atoms with E-state index in [0.29, 0.717) is 18.7 Å². The molecule has 0 spiro atoms. The van der Waals surface area contributed by atoms with Gasteiger partial charge in [0.2, 0.25) is 5.91 Å². The number of rotatable bonds is 9. The zero-order valence-electron chi connectivity index (χ0n) is 16.2. The third-order valence-electron chi connectivity index (χ3n) is 3.84. The van der Waals surface area contributed by atoms with Crippen LogP contribution in [0.1, 0.15) is 24.5 Å². The van der Waals surface area contributed by atoms with Gasteiger partial charge in [-0.2, -0.15) is 0 Å². The molecule has 1 atom stereocenters. The molecule has 7 heteroatoms. The number of anilines is 1. The standard InChI is InChI=1S/C21H27N3O3.ClH/c1-15-4-3-5-18(12-15)24-21(26)14-27-19-8-6-17(7-9-19)10-11-23-20(25)13-16(2)22;/h3-9,12,16H,10-11,13-14,22H2,1-2H3,(H,23,25)(H,24,26);1H. The summed E-state index contributed by atoms with van der Waals surface area (Å²) >= 11 is 0. The van der Waals surface area contributed by atoms with E-state index < -0.39 is 0 Å². The van der Waals surface area contributed by atoms with E-state index >= 15 is 0 Å². The largest absolute Gasteiger partial charge is 0.484 e. The summed E-state index contributed by atoms with van der Waals surface area (Å²) in [4.78, 5) is 23.5. The van der Waals surface area contributed by atoms with Crippen LogP contribution in [0.5, 0.6) is 5.75 Å². The molecule has 0 aliphatic carbocycles. The van der Waals surface area contributed by atoms with Gasteiger partial charge in [-0.25, -0.2) is 0 Å².